The third kappa shape index (κ3) is 2.27. The van der Waals surface area contributed by atoms with Crippen molar-refractivity contribution in [1.29, 1.82) is 0 Å². The van der Waals surface area contributed by atoms with E-state index in [4.69, 9.17) is 9.47 Å². The first-order valence-corrected chi connectivity index (χ1v) is 13.9. The number of ether oxygens (including phenoxy) is 2. The second-order valence-electron chi connectivity index (χ2n) is 13.0. The lowest BCUT2D eigenvalue weighted by molar-refractivity contribution is -0.324. The monoisotopic (exact) mass is 487 g/mol. The Bertz CT molecular complexity index is 1240. The summed E-state index contributed by atoms with van der Waals surface area (Å²) in [7, 11) is 1.82. The van der Waals surface area contributed by atoms with Crippen LogP contribution in [0.25, 0.3) is 0 Å². The van der Waals surface area contributed by atoms with Crippen LogP contribution in [-0.2, 0) is 16.6 Å². The number of aliphatic hydroxyl groups excluding tert-OH is 1. The zero-order chi connectivity index (χ0) is 24.5. The molecule has 5 fully saturated rings. The van der Waals surface area contributed by atoms with Crippen LogP contribution in [0.2, 0.25) is 0 Å². The minimum atomic E-state index is -0.659. The lowest BCUT2D eigenvalue weighted by Gasteiger charge is -2.76. The topological polar surface area (TPSA) is 62.2 Å². The molecule has 2 spiro atoms. The zero-order valence-corrected chi connectivity index (χ0v) is 21.4. The average molecular weight is 488 g/mol. The molecule has 9 rings (SSSR count). The fraction of sp³-hybridized carbons (Fsp3) is 0.613. The van der Waals surface area contributed by atoms with E-state index >= 15 is 0 Å². The van der Waals surface area contributed by atoms with Crippen LogP contribution in [0.3, 0.4) is 0 Å². The number of fused-ring (bicyclic) bond motifs is 2. The van der Waals surface area contributed by atoms with Crippen molar-refractivity contribution in [3.05, 3.63) is 59.2 Å². The molecule has 2 aromatic rings. The van der Waals surface area contributed by atoms with Crippen LogP contribution in [0.4, 0.5) is 0 Å². The molecule has 2 aliphatic heterocycles. The van der Waals surface area contributed by atoms with E-state index < -0.39 is 17.1 Å². The van der Waals surface area contributed by atoms with Crippen molar-refractivity contribution >= 4 is 0 Å². The van der Waals surface area contributed by atoms with Gasteiger partial charge in [-0.3, -0.25) is 4.90 Å². The molecule has 0 radical (unpaired) electrons. The van der Waals surface area contributed by atoms with E-state index in [2.05, 4.69) is 17.9 Å². The van der Waals surface area contributed by atoms with Gasteiger partial charge in [-0.25, -0.2) is 0 Å². The molecule has 2 aromatic carbocycles. The van der Waals surface area contributed by atoms with Gasteiger partial charge in [0, 0.05) is 41.5 Å². The van der Waals surface area contributed by atoms with Crippen LogP contribution in [0, 0.1) is 16.7 Å². The van der Waals surface area contributed by atoms with Crippen molar-refractivity contribution in [3.63, 3.8) is 0 Å². The van der Waals surface area contributed by atoms with Gasteiger partial charge in [-0.15, -0.1) is 0 Å². The maximum atomic E-state index is 12.1. The van der Waals surface area contributed by atoms with Gasteiger partial charge in [0.25, 0.3) is 0 Å². The van der Waals surface area contributed by atoms with Gasteiger partial charge in [0.05, 0.1) is 6.10 Å². The van der Waals surface area contributed by atoms with E-state index in [-0.39, 0.29) is 22.7 Å². The van der Waals surface area contributed by atoms with Crippen LogP contribution in [0.15, 0.2) is 42.5 Å². The molecule has 4 saturated carbocycles. The molecular formula is C31H37NO4. The van der Waals surface area contributed by atoms with Crippen molar-refractivity contribution in [1.82, 2.24) is 4.90 Å². The van der Waals surface area contributed by atoms with Gasteiger partial charge in [-0.1, -0.05) is 43.3 Å². The molecule has 5 nitrogen and oxygen atoms in total. The van der Waals surface area contributed by atoms with Gasteiger partial charge in [0.15, 0.2) is 11.5 Å². The molecule has 0 amide bonds. The Balaban J connectivity index is 1.37. The first-order valence-electron chi connectivity index (χ1n) is 13.9. The largest absolute Gasteiger partial charge is 0.504 e. The third-order valence-electron chi connectivity index (χ3n) is 11.8. The molecule has 36 heavy (non-hydrogen) atoms. The van der Waals surface area contributed by atoms with Crippen molar-refractivity contribution in [2.45, 2.75) is 81.1 Å². The van der Waals surface area contributed by atoms with Crippen molar-refractivity contribution in [2.75, 3.05) is 20.2 Å². The minimum absolute atomic E-state index is 0.0123. The Hall–Kier alpha value is -2.08. The number of likely N-dealkylation sites (tertiary alicyclic amines) is 1. The highest BCUT2D eigenvalue weighted by molar-refractivity contribution is 5.63. The number of phenols is 1. The molecule has 0 aromatic heterocycles. The van der Waals surface area contributed by atoms with E-state index in [1.807, 2.05) is 43.5 Å². The highest BCUT2D eigenvalue weighted by Gasteiger charge is 2.84. The Morgan fingerprint density at radius 2 is 1.92 bits per heavy atom. The smallest absolute Gasteiger partial charge is 0.165 e. The summed E-state index contributed by atoms with van der Waals surface area (Å²) in [5.41, 5.74) is 2.21. The predicted molar refractivity (Wildman–Crippen MR) is 136 cm³/mol. The van der Waals surface area contributed by atoms with Crippen LogP contribution in [-0.4, -0.2) is 53.1 Å². The summed E-state index contributed by atoms with van der Waals surface area (Å²) < 4.78 is 13.6. The number of hydrogen-bond acceptors (Lipinski definition) is 5. The molecule has 7 aliphatic rings. The number of nitrogens with zero attached hydrogens (tertiary/aromatic N) is 1. The number of aromatic hydroxyl groups is 1. The Kier molecular flexibility index (Phi) is 4.18. The van der Waals surface area contributed by atoms with Crippen LogP contribution < -0.4 is 4.74 Å². The Morgan fingerprint density at radius 1 is 1.11 bits per heavy atom. The SMILES string of the molecule is CO[C@@]12CC[C@]3(C[C@@]1(C)[C@@H](O)c1ccccc1)[C@@H]1Cc4ccc(O)c5c4[C@]3(CCN1CC1CC1)[C@@H]2O5. The number of aliphatic hydroxyl groups is 1. The molecule has 1 saturated heterocycles. The van der Waals surface area contributed by atoms with Crippen LogP contribution in [0.1, 0.15) is 68.2 Å². The van der Waals surface area contributed by atoms with E-state index in [1.165, 1.54) is 30.5 Å². The summed E-state index contributed by atoms with van der Waals surface area (Å²) in [6, 6.07) is 14.5. The molecule has 5 heteroatoms. The summed E-state index contributed by atoms with van der Waals surface area (Å²) in [5, 5.41) is 23.1. The summed E-state index contributed by atoms with van der Waals surface area (Å²) in [6.45, 7) is 4.53. The Labute approximate surface area is 213 Å². The summed E-state index contributed by atoms with van der Waals surface area (Å²) in [6.07, 6.45) is 6.74. The van der Waals surface area contributed by atoms with E-state index in [0.717, 1.165) is 50.1 Å². The number of hydrogen-bond donors (Lipinski definition) is 2. The van der Waals surface area contributed by atoms with Gasteiger partial charge < -0.3 is 19.7 Å². The molecule has 0 unspecified atom stereocenters. The van der Waals surface area contributed by atoms with Gasteiger partial charge >= 0.3 is 0 Å². The number of piperidine rings is 1. The van der Waals surface area contributed by atoms with Crippen LogP contribution in [0.5, 0.6) is 11.5 Å². The Morgan fingerprint density at radius 3 is 2.67 bits per heavy atom. The van der Waals surface area contributed by atoms with Gasteiger partial charge in [0.1, 0.15) is 11.7 Å². The maximum absolute atomic E-state index is 12.1. The van der Waals surface area contributed by atoms with E-state index in [9.17, 15) is 10.2 Å². The highest BCUT2D eigenvalue weighted by atomic mass is 16.6. The summed E-state index contributed by atoms with van der Waals surface area (Å²) in [4.78, 5) is 2.81. The minimum Gasteiger partial charge on any atom is -0.504 e. The third-order valence-corrected chi connectivity index (χ3v) is 11.8. The lowest BCUT2D eigenvalue weighted by Crippen LogP contribution is -2.83. The standard InChI is InChI=1S/C31H37NO4/c1-28(26(34)20-6-4-3-5-7-20)18-29-12-13-31(28,35-2)27-30(29)14-15-32(17-19-8-9-19)23(29)16-21-10-11-22(33)25(36-27)24(21)30/h3-7,10-11,19,23,26-27,33-34H,8-9,12-18H2,1-2H3/t23-,26-,27-,28-,29-,30+,31+/m0/s1. The number of methoxy groups -OCH3 is 1. The average Bonchev–Trinajstić information content (AvgIpc) is 3.64. The van der Waals surface area contributed by atoms with E-state index in [0.29, 0.717) is 11.8 Å². The number of benzene rings is 2. The highest BCUT2D eigenvalue weighted by Crippen LogP contribution is 2.80. The maximum Gasteiger partial charge on any atom is 0.165 e. The van der Waals surface area contributed by atoms with Crippen molar-refractivity contribution < 1.29 is 19.7 Å². The summed E-state index contributed by atoms with van der Waals surface area (Å²) in [5.74, 6) is 1.79. The van der Waals surface area contributed by atoms with E-state index in [1.54, 1.807) is 0 Å². The molecule has 7 atom stereocenters. The predicted octanol–water partition coefficient (Wildman–Crippen LogP) is 4.74. The molecule has 4 bridgehead atoms. The fourth-order valence-electron chi connectivity index (χ4n) is 10.2. The second-order valence-corrected chi connectivity index (χ2v) is 13.0. The first-order chi connectivity index (χ1) is 17.4. The molecule has 190 valence electrons. The van der Waals surface area contributed by atoms with Crippen molar-refractivity contribution in [2.24, 2.45) is 16.7 Å². The van der Waals surface area contributed by atoms with Crippen molar-refractivity contribution in [3.8, 4) is 11.5 Å². The second kappa shape index (κ2) is 6.86. The fourth-order valence-corrected chi connectivity index (χ4v) is 10.2. The molecule has 2 heterocycles. The molecular weight excluding hydrogens is 450 g/mol. The van der Waals surface area contributed by atoms with Gasteiger partial charge in [0.2, 0.25) is 0 Å². The van der Waals surface area contributed by atoms with Gasteiger partial charge in [-0.2, -0.15) is 0 Å². The molecule has 2 N–H and O–H groups in total. The normalized spacial score (nSPS) is 42.6. The quantitative estimate of drug-likeness (QED) is 0.638. The number of phenolic OH excluding ortho intramolecular Hbond substituents is 1. The summed E-state index contributed by atoms with van der Waals surface area (Å²) >= 11 is 0. The number of rotatable bonds is 5. The zero-order valence-electron chi connectivity index (χ0n) is 21.4. The molecule has 5 aliphatic carbocycles. The van der Waals surface area contributed by atoms with Gasteiger partial charge in [-0.05, 0) is 74.6 Å². The first kappa shape index (κ1) is 22.0. The van der Waals surface area contributed by atoms with Crippen LogP contribution >= 0.6 is 0 Å². The lowest BCUT2D eigenvalue weighted by atomic mass is 9.31.